The standard InChI is InChI=1S/C14H29N3/c1-3-15-14-7-10-17(12-14)13(2)11-16-8-5-4-6-9-16/h13-15H,3-12H2,1-2H3. The molecule has 1 N–H and O–H groups in total. The Morgan fingerprint density at radius 3 is 2.65 bits per heavy atom. The summed E-state index contributed by atoms with van der Waals surface area (Å²) in [5.74, 6) is 0. The van der Waals surface area contributed by atoms with Crippen LogP contribution in [0.25, 0.3) is 0 Å². The lowest BCUT2D eigenvalue weighted by Gasteiger charge is -2.33. The van der Waals surface area contributed by atoms with Crippen molar-refractivity contribution in [2.45, 2.75) is 51.6 Å². The van der Waals surface area contributed by atoms with Gasteiger partial charge in [-0.2, -0.15) is 0 Å². The molecule has 17 heavy (non-hydrogen) atoms. The molecule has 0 aromatic carbocycles. The van der Waals surface area contributed by atoms with E-state index in [9.17, 15) is 0 Å². The van der Waals surface area contributed by atoms with Gasteiger partial charge in [-0.1, -0.05) is 13.3 Å². The van der Waals surface area contributed by atoms with Crippen LogP contribution in [0.15, 0.2) is 0 Å². The average molecular weight is 239 g/mol. The molecule has 0 aromatic rings. The maximum Gasteiger partial charge on any atom is 0.0207 e. The van der Waals surface area contributed by atoms with Crippen LogP contribution in [0, 0.1) is 0 Å². The van der Waals surface area contributed by atoms with E-state index in [-0.39, 0.29) is 0 Å². The molecule has 2 aliphatic heterocycles. The van der Waals surface area contributed by atoms with Gasteiger partial charge in [0.2, 0.25) is 0 Å². The summed E-state index contributed by atoms with van der Waals surface area (Å²) in [5.41, 5.74) is 0. The second-order valence-corrected chi connectivity index (χ2v) is 5.75. The van der Waals surface area contributed by atoms with E-state index in [0.717, 1.165) is 18.6 Å². The molecule has 0 amide bonds. The zero-order valence-electron chi connectivity index (χ0n) is 11.6. The summed E-state index contributed by atoms with van der Waals surface area (Å²) in [6.07, 6.45) is 5.59. The third kappa shape index (κ3) is 3.94. The number of likely N-dealkylation sites (N-methyl/N-ethyl adjacent to an activating group) is 1. The molecule has 0 spiro atoms. The first-order chi connectivity index (χ1) is 8.29. The topological polar surface area (TPSA) is 18.5 Å². The number of piperidine rings is 1. The number of rotatable bonds is 5. The Morgan fingerprint density at radius 1 is 1.18 bits per heavy atom. The highest BCUT2D eigenvalue weighted by molar-refractivity contribution is 4.85. The maximum absolute atomic E-state index is 3.58. The number of hydrogen-bond acceptors (Lipinski definition) is 3. The molecule has 100 valence electrons. The van der Waals surface area contributed by atoms with Crippen LogP contribution in [-0.4, -0.2) is 61.2 Å². The van der Waals surface area contributed by atoms with E-state index in [1.165, 1.54) is 58.4 Å². The lowest BCUT2D eigenvalue weighted by Crippen LogP contribution is -2.44. The van der Waals surface area contributed by atoms with Crippen LogP contribution in [0.5, 0.6) is 0 Å². The molecule has 0 bridgehead atoms. The van der Waals surface area contributed by atoms with E-state index in [1.807, 2.05) is 0 Å². The molecule has 0 aromatic heterocycles. The van der Waals surface area contributed by atoms with Gasteiger partial charge in [0.1, 0.15) is 0 Å². The maximum atomic E-state index is 3.58. The van der Waals surface area contributed by atoms with Crippen LogP contribution in [0.3, 0.4) is 0 Å². The fourth-order valence-corrected chi connectivity index (χ4v) is 3.27. The first-order valence-electron chi connectivity index (χ1n) is 7.49. The van der Waals surface area contributed by atoms with Crippen molar-refractivity contribution in [1.29, 1.82) is 0 Å². The Labute approximate surface area is 107 Å². The highest BCUT2D eigenvalue weighted by Crippen LogP contribution is 2.15. The lowest BCUT2D eigenvalue weighted by atomic mass is 10.1. The molecule has 2 aliphatic rings. The van der Waals surface area contributed by atoms with Gasteiger partial charge in [0.25, 0.3) is 0 Å². The molecular formula is C14H29N3. The summed E-state index contributed by atoms with van der Waals surface area (Å²) in [7, 11) is 0. The van der Waals surface area contributed by atoms with E-state index in [4.69, 9.17) is 0 Å². The van der Waals surface area contributed by atoms with Crippen LogP contribution >= 0.6 is 0 Å². The van der Waals surface area contributed by atoms with Gasteiger partial charge >= 0.3 is 0 Å². The summed E-state index contributed by atoms with van der Waals surface area (Å²) >= 11 is 0. The monoisotopic (exact) mass is 239 g/mol. The summed E-state index contributed by atoms with van der Waals surface area (Å²) < 4.78 is 0. The van der Waals surface area contributed by atoms with Gasteiger partial charge in [0.15, 0.2) is 0 Å². The highest BCUT2D eigenvalue weighted by atomic mass is 15.2. The van der Waals surface area contributed by atoms with Crippen molar-refractivity contribution in [2.24, 2.45) is 0 Å². The predicted octanol–water partition coefficient (Wildman–Crippen LogP) is 1.54. The van der Waals surface area contributed by atoms with Crippen LogP contribution in [0.1, 0.15) is 39.5 Å². The fourth-order valence-electron chi connectivity index (χ4n) is 3.27. The van der Waals surface area contributed by atoms with E-state index >= 15 is 0 Å². The number of nitrogens with zero attached hydrogens (tertiary/aromatic N) is 2. The minimum Gasteiger partial charge on any atom is -0.313 e. The minimum absolute atomic E-state index is 0.733. The minimum atomic E-state index is 0.733. The van der Waals surface area contributed by atoms with Crippen molar-refractivity contribution in [1.82, 2.24) is 15.1 Å². The normalized spacial score (nSPS) is 29.6. The Kier molecular flexibility index (Phi) is 5.26. The predicted molar refractivity (Wildman–Crippen MR) is 73.4 cm³/mol. The SMILES string of the molecule is CCNC1CCN(C(C)CN2CCCCC2)C1. The van der Waals surface area contributed by atoms with Crippen molar-refractivity contribution in [3.05, 3.63) is 0 Å². The first kappa shape index (κ1) is 13.3. The van der Waals surface area contributed by atoms with Gasteiger partial charge in [0, 0.05) is 31.7 Å². The van der Waals surface area contributed by atoms with Gasteiger partial charge in [-0.15, -0.1) is 0 Å². The summed E-state index contributed by atoms with van der Waals surface area (Å²) in [6.45, 7) is 12.2. The highest BCUT2D eigenvalue weighted by Gasteiger charge is 2.26. The van der Waals surface area contributed by atoms with Gasteiger partial charge in [-0.05, 0) is 45.8 Å². The van der Waals surface area contributed by atoms with Gasteiger partial charge in [0.05, 0.1) is 0 Å². The van der Waals surface area contributed by atoms with Crippen LogP contribution in [0.4, 0.5) is 0 Å². The number of likely N-dealkylation sites (tertiary alicyclic amines) is 2. The molecule has 2 unspecified atom stereocenters. The Balaban J connectivity index is 1.70. The average Bonchev–Trinajstić information content (AvgIpc) is 2.79. The fraction of sp³-hybridized carbons (Fsp3) is 1.00. The van der Waals surface area contributed by atoms with Gasteiger partial charge in [-0.25, -0.2) is 0 Å². The lowest BCUT2D eigenvalue weighted by molar-refractivity contribution is 0.151. The van der Waals surface area contributed by atoms with Crippen molar-refractivity contribution < 1.29 is 0 Å². The molecule has 0 radical (unpaired) electrons. The Morgan fingerprint density at radius 2 is 1.94 bits per heavy atom. The molecular weight excluding hydrogens is 210 g/mol. The van der Waals surface area contributed by atoms with Crippen molar-refractivity contribution in [2.75, 3.05) is 39.3 Å². The zero-order valence-corrected chi connectivity index (χ0v) is 11.6. The van der Waals surface area contributed by atoms with E-state index in [0.29, 0.717) is 0 Å². The molecule has 2 fully saturated rings. The summed E-state index contributed by atoms with van der Waals surface area (Å²) in [4.78, 5) is 5.33. The summed E-state index contributed by atoms with van der Waals surface area (Å²) in [6, 6.07) is 1.47. The zero-order chi connectivity index (χ0) is 12.1. The van der Waals surface area contributed by atoms with Crippen LogP contribution in [-0.2, 0) is 0 Å². The first-order valence-corrected chi connectivity index (χ1v) is 7.49. The summed E-state index contributed by atoms with van der Waals surface area (Å²) in [5, 5.41) is 3.58. The van der Waals surface area contributed by atoms with E-state index < -0.39 is 0 Å². The Bertz CT molecular complexity index is 214. The van der Waals surface area contributed by atoms with Gasteiger partial charge < -0.3 is 10.2 Å². The molecule has 2 rings (SSSR count). The van der Waals surface area contributed by atoms with Gasteiger partial charge in [-0.3, -0.25) is 4.90 Å². The molecule has 3 heteroatoms. The van der Waals surface area contributed by atoms with Crippen LogP contribution < -0.4 is 5.32 Å². The second kappa shape index (κ2) is 6.72. The Hall–Kier alpha value is -0.120. The number of nitrogens with one attached hydrogen (secondary N) is 1. The third-order valence-corrected chi connectivity index (χ3v) is 4.31. The van der Waals surface area contributed by atoms with Crippen molar-refractivity contribution >= 4 is 0 Å². The number of hydrogen-bond donors (Lipinski definition) is 1. The molecule has 2 heterocycles. The second-order valence-electron chi connectivity index (χ2n) is 5.75. The van der Waals surface area contributed by atoms with Crippen LogP contribution in [0.2, 0.25) is 0 Å². The molecule has 2 atom stereocenters. The van der Waals surface area contributed by atoms with E-state index in [1.54, 1.807) is 0 Å². The van der Waals surface area contributed by atoms with E-state index in [2.05, 4.69) is 29.0 Å². The molecule has 3 nitrogen and oxygen atoms in total. The smallest absolute Gasteiger partial charge is 0.0207 e. The molecule has 2 saturated heterocycles. The molecule has 0 aliphatic carbocycles. The molecule has 0 saturated carbocycles. The van der Waals surface area contributed by atoms with Crippen molar-refractivity contribution in [3.8, 4) is 0 Å². The largest absolute Gasteiger partial charge is 0.313 e. The third-order valence-electron chi connectivity index (χ3n) is 4.31. The van der Waals surface area contributed by atoms with Crippen molar-refractivity contribution in [3.63, 3.8) is 0 Å². The quantitative estimate of drug-likeness (QED) is 0.785.